The second kappa shape index (κ2) is 8.08. The van der Waals surface area contributed by atoms with Crippen LogP contribution in [0.1, 0.15) is 21.7 Å². The summed E-state index contributed by atoms with van der Waals surface area (Å²) in [5.74, 6) is -0.420. The van der Waals surface area contributed by atoms with Crippen molar-refractivity contribution in [3.63, 3.8) is 0 Å². The first kappa shape index (κ1) is 20.2. The molecular formula is C23H23FN6O2. The Labute approximate surface area is 184 Å². The van der Waals surface area contributed by atoms with Crippen LogP contribution in [0.4, 0.5) is 15.9 Å². The van der Waals surface area contributed by atoms with Gasteiger partial charge in [-0.15, -0.1) is 0 Å². The summed E-state index contributed by atoms with van der Waals surface area (Å²) in [5.41, 5.74) is 3.58. The summed E-state index contributed by atoms with van der Waals surface area (Å²) >= 11 is 0. The van der Waals surface area contributed by atoms with Crippen molar-refractivity contribution in [3.05, 3.63) is 65.4 Å². The number of rotatable bonds is 4. The van der Waals surface area contributed by atoms with E-state index in [1.54, 1.807) is 12.1 Å². The van der Waals surface area contributed by atoms with Crippen LogP contribution in [0.15, 0.2) is 42.5 Å². The third kappa shape index (κ3) is 3.71. The first-order chi connectivity index (χ1) is 15.5. The largest absolute Gasteiger partial charge is 0.365 e. The molecule has 2 aliphatic heterocycles. The summed E-state index contributed by atoms with van der Waals surface area (Å²) in [6.45, 7) is 3.57. The van der Waals surface area contributed by atoms with Gasteiger partial charge in [0.1, 0.15) is 11.5 Å². The minimum absolute atomic E-state index is 0.0679. The predicted molar refractivity (Wildman–Crippen MR) is 120 cm³/mol. The number of amides is 2. The molecule has 0 aromatic carbocycles. The van der Waals surface area contributed by atoms with E-state index < -0.39 is 11.9 Å². The number of carbonyl (C=O) groups is 2. The molecular weight excluding hydrogens is 411 g/mol. The van der Waals surface area contributed by atoms with Crippen LogP contribution >= 0.6 is 0 Å². The zero-order chi connectivity index (χ0) is 22.2. The van der Waals surface area contributed by atoms with Gasteiger partial charge in [-0.05, 0) is 48.0 Å². The lowest BCUT2D eigenvalue weighted by Crippen LogP contribution is -2.46. The topological polar surface area (TPSA) is 82.0 Å². The summed E-state index contributed by atoms with van der Waals surface area (Å²) in [6.07, 6.45) is 3.35. The molecule has 164 valence electrons. The standard InChI is InChI=1S/C23H23FN6O2/c1-25-23(32)18-5-6-19(22(24)26-18)29-10-8-28(9-11-29)14-15-12-17-3-2-16-4-7-21(31)27-20(13-15)30(16)17/h2-7,12-13H,8-11,14H2,1H3,(H,25,32)(H,27,31). The monoisotopic (exact) mass is 434 g/mol. The molecule has 3 aromatic rings. The fourth-order valence-corrected chi connectivity index (χ4v) is 4.30. The molecule has 2 N–H and O–H groups in total. The molecule has 0 aliphatic carbocycles. The molecule has 0 bridgehead atoms. The number of carbonyl (C=O) groups excluding carboxylic acids is 2. The quantitative estimate of drug-likeness (QED) is 0.615. The number of nitrogens with one attached hydrogen (secondary N) is 2. The molecule has 1 fully saturated rings. The zero-order valence-corrected chi connectivity index (χ0v) is 17.6. The lowest BCUT2D eigenvalue weighted by molar-refractivity contribution is -0.111. The molecule has 32 heavy (non-hydrogen) atoms. The number of piperazine rings is 1. The van der Waals surface area contributed by atoms with E-state index in [0.717, 1.165) is 42.2 Å². The van der Waals surface area contributed by atoms with Gasteiger partial charge in [0.25, 0.3) is 5.91 Å². The maximum absolute atomic E-state index is 14.5. The average Bonchev–Trinajstić information content (AvgIpc) is 3.13. The molecule has 2 amide bonds. The Morgan fingerprint density at radius 3 is 2.69 bits per heavy atom. The summed E-state index contributed by atoms with van der Waals surface area (Å²) < 4.78 is 16.5. The first-order valence-corrected chi connectivity index (χ1v) is 10.5. The van der Waals surface area contributed by atoms with E-state index in [0.29, 0.717) is 18.8 Å². The number of hydrogen-bond acceptors (Lipinski definition) is 5. The van der Waals surface area contributed by atoms with Crippen molar-refractivity contribution in [3.8, 4) is 0 Å². The van der Waals surface area contributed by atoms with E-state index in [1.807, 2.05) is 33.6 Å². The van der Waals surface area contributed by atoms with Crippen molar-refractivity contribution in [1.29, 1.82) is 0 Å². The highest BCUT2D eigenvalue weighted by Crippen LogP contribution is 2.25. The lowest BCUT2D eigenvalue weighted by atomic mass is 10.2. The molecule has 0 unspecified atom stereocenters. The normalized spacial score (nSPS) is 16.2. The van der Waals surface area contributed by atoms with Gasteiger partial charge in [-0.3, -0.25) is 18.9 Å². The summed E-state index contributed by atoms with van der Waals surface area (Å²) in [6, 6.07) is 11.3. The Hall–Kier alpha value is -3.72. The van der Waals surface area contributed by atoms with Crippen molar-refractivity contribution < 1.29 is 14.0 Å². The molecule has 8 nitrogen and oxygen atoms in total. The fraction of sp³-hybridized carbons (Fsp3) is 0.261. The SMILES string of the molecule is CNC(=O)c1ccc(N2CCN(Cc3cc4n5c(ccc5c3)C=CC(=O)N4)CC2)c(F)n1. The molecule has 0 radical (unpaired) electrons. The van der Waals surface area contributed by atoms with Gasteiger partial charge < -0.3 is 15.5 Å². The molecule has 0 spiro atoms. The molecule has 0 saturated carbocycles. The Balaban J connectivity index is 1.28. The minimum Gasteiger partial charge on any atom is -0.365 e. The van der Waals surface area contributed by atoms with E-state index in [-0.39, 0.29) is 11.6 Å². The van der Waals surface area contributed by atoms with E-state index in [9.17, 15) is 14.0 Å². The average molecular weight is 434 g/mol. The van der Waals surface area contributed by atoms with Crippen LogP contribution in [0.2, 0.25) is 0 Å². The minimum atomic E-state index is -0.631. The van der Waals surface area contributed by atoms with Gasteiger partial charge in [0.15, 0.2) is 0 Å². The molecule has 5 rings (SSSR count). The molecule has 2 aliphatic rings. The van der Waals surface area contributed by atoms with Gasteiger partial charge in [0, 0.05) is 57.1 Å². The second-order valence-electron chi connectivity index (χ2n) is 7.94. The van der Waals surface area contributed by atoms with Crippen LogP contribution in [0.25, 0.3) is 11.6 Å². The van der Waals surface area contributed by atoms with Gasteiger partial charge in [-0.1, -0.05) is 0 Å². The Morgan fingerprint density at radius 2 is 1.94 bits per heavy atom. The van der Waals surface area contributed by atoms with Gasteiger partial charge in [-0.25, -0.2) is 4.98 Å². The van der Waals surface area contributed by atoms with Crippen molar-refractivity contribution in [1.82, 2.24) is 19.6 Å². The predicted octanol–water partition coefficient (Wildman–Crippen LogP) is 2.12. The second-order valence-corrected chi connectivity index (χ2v) is 7.94. The van der Waals surface area contributed by atoms with Crippen LogP contribution < -0.4 is 15.5 Å². The Kier molecular flexibility index (Phi) is 5.10. The molecule has 0 atom stereocenters. The summed E-state index contributed by atoms with van der Waals surface area (Å²) in [5, 5.41) is 5.39. The number of hydrogen-bond donors (Lipinski definition) is 2. The van der Waals surface area contributed by atoms with Crippen LogP contribution in [0, 0.1) is 5.95 Å². The Morgan fingerprint density at radius 1 is 1.12 bits per heavy atom. The van der Waals surface area contributed by atoms with Gasteiger partial charge in [-0.2, -0.15) is 4.39 Å². The number of anilines is 2. The summed E-state index contributed by atoms with van der Waals surface area (Å²) in [7, 11) is 1.49. The first-order valence-electron chi connectivity index (χ1n) is 10.5. The lowest BCUT2D eigenvalue weighted by Gasteiger charge is -2.36. The number of nitrogens with zero attached hydrogens (tertiary/aromatic N) is 4. The van der Waals surface area contributed by atoms with E-state index in [4.69, 9.17) is 0 Å². The highest BCUT2D eigenvalue weighted by Gasteiger charge is 2.22. The van der Waals surface area contributed by atoms with Gasteiger partial charge in [0.05, 0.1) is 5.69 Å². The highest BCUT2D eigenvalue weighted by molar-refractivity contribution is 6.03. The third-order valence-electron chi connectivity index (χ3n) is 5.90. The Bertz CT molecular complexity index is 1240. The highest BCUT2D eigenvalue weighted by atomic mass is 19.1. The fourth-order valence-electron chi connectivity index (χ4n) is 4.30. The van der Waals surface area contributed by atoms with Crippen molar-refractivity contribution in [2.24, 2.45) is 0 Å². The summed E-state index contributed by atoms with van der Waals surface area (Å²) in [4.78, 5) is 31.7. The maximum atomic E-state index is 14.5. The zero-order valence-electron chi connectivity index (χ0n) is 17.6. The van der Waals surface area contributed by atoms with E-state index in [2.05, 4.69) is 26.6 Å². The van der Waals surface area contributed by atoms with Crippen molar-refractivity contribution in [2.45, 2.75) is 6.54 Å². The van der Waals surface area contributed by atoms with E-state index in [1.165, 1.54) is 13.1 Å². The van der Waals surface area contributed by atoms with Crippen LogP contribution in [0.3, 0.4) is 0 Å². The maximum Gasteiger partial charge on any atom is 0.269 e. The molecule has 5 heterocycles. The molecule has 9 heteroatoms. The molecule has 1 saturated heterocycles. The van der Waals surface area contributed by atoms with Crippen molar-refractivity contribution >= 4 is 34.9 Å². The number of aromatic nitrogens is 2. The van der Waals surface area contributed by atoms with Crippen LogP contribution in [-0.4, -0.2) is 59.3 Å². The smallest absolute Gasteiger partial charge is 0.269 e. The van der Waals surface area contributed by atoms with Crippen LogP contribution in [-0.2, 0) is 11.3 Å². The van der Waals surface area contributed by atoms with Gasteiger partial charge >= 0.3 is 0 Å². The third-order valence-corrected chi connectivity index (χ3v) is 5.90. The van der Waals surface area contributed by atoms with Crippen molar-refractivity contribution in [2.75, 3.05) is 43.4 Å². The number of pyridine rings is 2. The van der Waals surface area contributed by atoms with E-state index >= 15 is 0 Å². The van der Waals surface area contributed by atoms with Crippen LogP contribution in [0.5, 0.6) is 0 Å². The molecule has 3 aromatic heterocycles. The number of halogens is 1. The van der Waals surface area contributed by atoms with Gasteiger partial charge in [0.2, 0.25) is 11.9 Å².